The van der Waals surface area contributed by atoms with Gasteiger partial charge in [0.25, 0.3) is 5.91 Å². The van der Waals surface area contributed by atoms with Crippen LogP contribution >= 0.6 is 0 Å². The van der Waals surface area contributed by atoms with Gasteiger partial charge in [0.05, 0.1) is 17.9 Å². The molecule has 2 heterocycles. The van der Waals surface area contributed by atoms with Crippen molar-refractivity contribution in [2.75, 3.05) is 7.05 Å². The number of H-pyrrole nitrogens is 1. The van der Waals surface area contributed by atoms with Gasteiger partial charge in [-0.05, 0) is 37.6 Å². The van der Waals surface area contributed by atoms with Crippen LogP contribution in [0.1, 0.15) is 27.4 Å². The zero-order valence-corrected chi connectivity index (χ0v) is 13.3. The van der Waals surface area contributed by atoms with E-state index in [-0.39, 0.29) is 5.91 Å². The SMILES string of the molecule is Cc1noc(C)c1CN(C)C(=O)c1ccc(-c2ccn[nH]2)cc1. The fourth-order valence-electron chi connectivity index (χ4n) is 2.47. The average molecular weight is 310 g/mol. The zero-order valence-electron chi connectivity index (χ0n) is 13.3. The summed E-state index contributed by atoms with van der Waals surface area (Å²) in [5, 5.41) is 10.8. The summed E-state index contributed by atoms with van der Waals surface area (Å²) < 4.78 is 5.14. The van der Waals surface area contributed by atoms with Crippen molar-refractivity contribution in [2.45, 2.75) is 20.4 Å². The van der Waals surface area contributed by atoms with E-state index in [0.29, 0.717) is 12.1 Å². The first-order chi connectivity index (χ1) is 11.1. The molecule has 118 valence electrons. The number of amides is 1. The Balaban J connectivity index is 1.75. The number of hydrogen-bond donors (Lipinski definition) is 1. The molecule has 0 fully saturated rings. The van der Waals surface area contributed by atoms with Crippen LogP contribution in [0, 0.1) is 13.8 Å². The van der Waals surface area contributed by atoms with Crippen molar-refractivity contribution in [3.05, 3.63) is 59.1 Å². The highest BCUT2D eigenvalue weighted by Crippen LogP contribution is 2.19. The minimum Gasteiger partial charge on any atom is -0.361 e. The lowest BCUT2D eigenvalue weighted by Crippen LogP contribution is -2.26. The second kappa shape index (κ2) is 6.08. The first-order valence-electron chi connectivity index (χ1n) is 7.33. The summed E-state index contributed by atoms with van der Waals surface area (Å²) in [6.45, 7) is 4.21. The summed E-state index contributed by atoms with van der Waals surface area (Å²) in [7, 11) is 1.77. The number of nitrogens with zero attached hydrogens (tertiary/aromatic N) is 3. The predicted molar refractivity (Wildman–Crippen MR) is 85.8 cm³/mol. The standard InChI is InChI=1S/C17H18N4O2/c1-11-15(12(2)23-20-11)10-21(3)17(22)14-6-4-13(5-7-14)16-8-9-18-19-16/h4-9H,10H2,1-3H3,(H,18,19). The average Bonchev–Trinajstić information content (AvgIpc) is 3.20. The van der Waals surface area contributed by atoms with E-state index in [4.69, 9.17) is 4.52 Å². The number of carbonyl (C=O) groups excluding carboxylic acids is 1. The largest absolute Gasteiger partial charge is 0.361 e. The maximum atomic E-state index is 12.5. The van der Waals surface area contributed by atoms with Crippen molar-refractivity contribution in [1.82, 2.24) is 20.3 Å². The highest BCUT2D eigenvalue weighted by Gasteiger charge is 2.16. The van der Waals surface area contributed by atoms with Crippen LogP contribution in [0.25, 0.3) is 11.3 Å². The first kappa shape index (κ1) is 15.0. The van der Waals surface area contributed by atoms with E-state index in [1.165, 1.54) is 0 Å². The number of aryl methyl sites for hydroxylation is 2. The van der Waals surface area contributed by atoms with Crippen LogP contribution in [-0.2, 0) is 6.54 Å². The van der Waals surface area contributed by atoms with Gasteiger partial charge in [-0.2, -0.15) is 5.10 Å². The molecule has 6 heteroatoms. The molecule has 0 aliphatic heterocycles. The number of carbonyl (C=O) groups is 1. The molecular formula is C17H18N4O2. The monoisotopic (exact) mass is 310 g/mol. The minimum atomic E-state index is -0.0406. The third-order valence-corrected chi connectivity index (χ3v) is 3.87. The van der Waals surface area contributed by atoms with Crippen LogP contribution in [0.2, 0.25) is 0 Å². The summed E-state index contributed by atoms with van der Waals surface area (Å²) in [6, 6.07) is 9.35. The van der Waals surface area contributed by atoms with E-state index in [2.05, 4.69) is 15.4 Å². The molecule has 3 aromatic rings. The van der Waals surface area contributed by atoms with Crippen LogP contribution in [0.5, 0.6) is 0 Å². The zero-order chi connectivity index (χ0) is 16.4. The number of benzene rings is 1. The number of nitrogens with one attached hydrogen (secondary N) is 1. The van der Waals surface area contributed by atoms with E-state index in [0.717, 1.165) is 28.3 Å². The molecule has 6 nitrogen and oxygen atoms in total. The third kappa shape index (κ3) is 3.01. The molecule has 3 rings (SSSR count). The van der Waals surface area contributed by atoms with Crippen LogP contribution in [0.4, 0.5) is 0 Å². The van der Waals surface area contributed by atoms with E-state index >= 15 is 0 Å². The second-order valence-corrected chi connectivity index (χ2v) is 5.51. The summed E-state index contributed by atoms with van der Waals surface area (Å²) in [6.07, 6.45) is 1.70. The molecule has 0 saturated heterocycles. The molecule has 0 atom stereocenters. The maximum absolute atomic E-state index is 12.5. The van der Waals surface area contributed by atoms with Crippen molar-refractivity contribution in [1.29, 1.82) is 0 Å². The van der Waals surface area contributed by atoms with Gasteiger partial charge in [-0.25, -0.2) is 0 Å². The van der Waals surface area contributed by atoms with Gasteiger partial charge in [-0.15, -0.1) is 0 Å². The van der Waals surface area contributed by atoms with Gasteiger partial charge in [-0.1, -0.05) is 17.3 Å². The summed E-state index contributed by atoms with van der Waals surface area (Å²) in [5.41, 5.74) is 4.33. The molecule has 0 unspecified atom stereocenters. The van der Waals surface area contributed by atoms with Gasteiger partial charge in [-0.3, -0.25) is 9.89 Å². The Morgan fingerprint density at radius 2 is 1.96 bits per heavy atom. The molecule has 0 spiro atoms. The van der Waals surface area contributed by atoms with Gasteiger partial charge in [0.1, 0.15) is 5.76 Å². The minimum absolute atomic E-state index is 0.0406. The van der Waals surface area contributed by atoms with E-state index in [1.807, 2.05) is 44.2 Å². The molecule has 0 saturated carbocycles. The fourth-order valence-corrected chi connectivity index (χ4v) is 2.47. The van der Waals surface area contributed by atoms with Gasteiger partial charge < -0.3 is 9.42 Å². The summed E-state index contributed by atoms with van der Waals surface area (Å²) >= 11 is 0. The Morgan fingerprint density at radius 3 is 2.52 bits per heavy atom. The van der Waals surface area contributed by atoms with E-state index in [1.54, 1.807) is 18.1 Å². The number of aromatic amines is 1. The van der Waals surface area contributed by atoms with Crippen LogP contribution < -0.4 is 0 Å². The molecule has 1 N–H and O–H groups in total. The van der Waals surface area contributed by atoms with Crippen molar-refractivity contribution >= 4 is 5.91 Å². The lowest BCUT2D eigenvalue weighted by Gasteiger charge is -2.17. The fraction of sp³-hybridized carbons (Fsp3) is 0.235. The van der Waals surface area contributed by atoms with E-state index < -0.39 is 0 Å². The molecule has 0 bridgehead atoms. The van der Waals surface area contributed by atoms with Crippen LogP contribution in [0.3, 0.4) is 0 Å². The Morgan fingerprint density at radius 1 is 1.22 bits per heavy atom. The first-order valence-corrected chi connectivity index (χ1v) is 7.33. The number of aromatic nitrogens is 3. The Kier molecular flexibility index (Phi) is 3.97. The van der Waals surface area contributed by atoms with Crippen molar-refractivity contribution < 1.29 is 9.32 Å². The van der Waals surface area contributed by atoms with Crippen molar-refractivity contribution in [2.24, 2.45) is 0 Å². The Labute approximate surface area is 134 Å². The Bertz CT molecular complexity index is 784. The molecule has 0 aliphatic carbocycles. The number of hydrogen-bond acceptors (Lipinski definition) is 4. The Hall–Kier alpha value is -2.89. The van der Waals surface area contributed by atoms with Gasteiger partial charge in [0.15, 0.2) is 0 Å². The third-order valence-electron chi connectivity index (χ3n) is 3.87. The van der Waals surface area contributed by atoms with Gasteiger partial charge in [0.2, 0.25) is 0 Å². The highest BCUT2D eigenvalue weighted by atomic mass is 16.5. The normalized spacial score (nSPS) is 10.7. The van der Waals surface area contributed by atoms with Crippen LogP contribution in [0.15, 0.2) is 41.1 Å². The molecule has 1 aromatic carbocycles. The highest BCUT2D eigenvalue weighted by molar-refractivity contribution is 5.94. The summed E-state index contributed by atoms with van der Waals surface area (Å²) in [4.78, 5) is 14.2. The van der Waals surface area contributed by atoms with Crippen molar-refractivity contribution in [3.63, 3.8) is 0 Å². The predicted octanol–water partition coefficient (Wildman–Crippen LogP) is 2.95. The maximum Gasteiger partial charge on any atom is 0.253 e. The topological polar surface area (TPSA) is 75.0 Å². The smallest absolute Gasteiger partial charge is 0.253 e. The molecule has 1 amide bonds. The molecule has 0 aliphatic rings. The lowest BCUT2D eigenvalue weighted by molar-refractivity contribution is 0.0784. The second-order valence-electron chi connectivity index (χ2n) is 5.51. The van der Waals surface area contributed by atoms with Gasteiger partial charge >= 0.3 is 0 Å². The van der Waals surface area contributed by atoms with Crippen LogP contribution in [-0.4, -0.2) is 33.2 Å². The molecule has 23 heavy (non-hydrogen) atoms. The summed E-state index contributed by atoms with van der Waals surface area (Å²) in [5.74, 6) is 0.706. The lowest BCUT2D eigenvalue weighted by atomic mass is 10.1. The quantitative estimate of drug-likeness (QED) is 0.804. The molecular weight excluding hydrogens is 292 g/mol. The molecule has 2 aromatic heterocycles. The van der Waals surface area contributed by atoms with Gasteiger partial charge in [0, 0.05) is 24.4 Å². The number of rotatable bonds is 4. The van der Waals surface area contributed by atoms with Crippen molar-refractivity contribution in [3.8, 4) is 11.3 Å². The van der Waals surface area contributed by atoms with E-state index in [9.17, 15) is 4.79 Å². The molecule has 0 radical (unpaired) electrons.